The van der Waals surface area contributed by atoms with Crippen LogP contribution in [0.2, 0.25) is 0 Å². The molecule has 1 fully saturated rings. The molecule has 5 nitrogen and oxygen atoms in total. The Labute approximate surface area is 154 Å². The van der Waals surface area contributed by atoms with E-state index < -0.39 is 0 Å². The molecule has 138 valence electrons. The van der Waals surface area contributed by atoms with Crippen molar-refractivity contribution in [3.63, 3.8) is 0 Å². The second-order valence-corrected chi connectivity index (χ2v) is 8.49. The molecule has 1 aromatic carbocycles. The molecule has 0 aliphatic carbocycles. The van der Waals surface area contributed by atoms with Gasteiger partial charge in [0.2, 0.25) is 5.91 Å². The first-order chi connectivity index (χ1) is 12.1. The van der Waals surface area contributed by atoms with Gasteiger partial charge in [0, 0.05) is 30.6 Å². The highest BCUT2D eigenvalue weighted by Crippen LogP contribution is 2.23. The number of likely N-dealkylation sites (tertiary alicyclic amines) is 1. The monoisotopic (exact) mass is 353 g/mol. The molecule has 26 heavy (non-hydrogen) atoms. The fraction of sp³-hybridized carbons (Fsp3) is 0.476. The number of aryl methyl sites for hydroxylation is 2. The van der Waals surface area contributed by atoms with Crippen LogP contribution < -0.4 is 5.32 Å². The second-order valence-electron chi connectivity index (χ2n) is 8.49. The number of nitrogens with one attached hydrogen (secondary N) is 1. The zero-order valence-electron chi connectivity index (χ0n) is 16.2. The minimum absolute atomic E-state index is 0.0461. The summed E-state index contributed by atoms with van der Waals surface area (Å²) < 4.78 is 0. The van der Waals surface area contributed by atoms with Gasteiger partial charge >= 0.3 is 0 Å². The van der Waals surface area contributed by atoms with Crippen molar-refractivity contribution in [2.75, 3.05) is 13.1 Å². The van der Waals surface area contributed by atoms with Gasteiger partial charge in [-0.2, -0.15) is 0 Å². The molecule has 1 aliphatic rings. The highest BCUT2D eigenvalue weighted by molar-refractivity contribution is 6.07. The lowest BCUT2D eigenvalue weighted by atomic mass is 9.96. The quantitative estimate of drug-likeness (QED) is 0.921. The number of carbonyl (C=O) groups is 2. The Hall–Kier alpha value is -2.43. The maximum absolute atomic E-state index is 12.9. The zero-order chi connectivity index (χ0) is 19.1. The number of para-hydroxylation sites is 1. The first kappa shape index (κ1) is 18.4. The Kier molecular flexibility index (Phi) is 4.74. The number of carbonyl (C=O) groups excluding carboxylic acids is 2. The minimum Gasteiger partial charge on any atom is -0.347 e. The van der Waals surface area contributed by atoms with Crippen LogP contribution in [0.1, 0.15) is 48.8 Å². The maximum Gasteiger partial charge on any atom is 0.252 e. The van der Waals surface area contributed by atoms with Crippen LogP contribution in [-0.2, 0) is 4.79 Å². The van der Waals surface area contributed by atoms with Gasteiger partial charge in [-0.15, -0.1) is 0 Å². The fourth-order valence-corrected chi connectivity index (χ4v) is 3.57. The summed E-state index contributed by atoms with van der Waals surface area (Å²) >= 11 is 0. The standard InChI is InChI=1S/C21H27N3O2/c1-13-7-6-8-16-17(9-14(2)22-19(13)16)20(26)23-15-10-18(25)24(11-15)12-21(3,4)5/h6-9,15H,10-12H2,1-5H3,(H,23,26). The summed E-state index contributed by atoms with van der Waals surface area (Å²) in [6.45, 7) is 11.5. The molecule has 0 saturated carbocycles. The summed E-state index contributed by atoms with van der Waals surface area (Å²) in [6.07, 6.45) is 0.364. The summed E-state index contributed by atoms with van der Waals surface area (Å²) in [4.78, 5) is 31.6. The zero-order valence-corrected chi connectivity index (χ0v) is 16.2. The van der Waals surface area contributed by atoms with Crippen molar-refractivity contribution in [1.82, 2.24) is 15.2 Å². The van der Waals surface area contributed by atoms with Crippen LogP contribution in [-0.4, -0.2) is 40.8 Å². The van der Waals surface area contributed by atoms with Gasteiger partial charge in [0.1, 0.15) is 0 Å². The Morgan fingerprint density at radius 2 is 2.04 bits per heavy atom. The summed E-state index contributed by atoms with van der Waals surface area (Å²) in [5.74, 6) is -0.0293. The lowest BCUT2D eigenvalue weighted by Gasteiger charge is -2.26. The molecule has 1 aromatic heterocycles. The Morgan fingerprint density at radius 1 is 1.31 bits per heavy atom. The van der Waals surface area contributed by atoms with Gasteiger partial charge in [-0.25, -0.2) is 0 Å². The van der Waals surface area contributed by atoms with Gasteiger partial charge < -0.3 is 10.2 Å². The lowest BCUT2D eigenvalue weighted by molar-refractivity contribution is -0.128. The molecular weight excluding hydrogens is 326 g/mol. The average Bonchev–Trinajstić information content (AvgIpc) is 2.85. The molecule has 2 amide bonds. The van der Waals surface area contributed by atoms with E-state index in [1.807, 2.05) is 43.0 Å². The molecule has 3 rings (SSSR count). The van der Waals surface area contributed by atoms with Crippen molar-refractivity contribution >= 4 is 22.7 Å². The number of hydrogen-bond donors (Lipinski definition) is 1. The van der Waals surface area contributed by atoms with Crippen LogP contribution in [0.3, 0.4) is 0 Å². The molecule has 1 N–H and O–H groups in total. The molecule has 1 saturated heterocycles. The van der Waals surface area contributed by atoms with E-state index >= 15 is 0 Å². The third kappa shape index (κ3) is 3.87. The van der Waals surface area contributed by atoms with E-state index in [9.17, 15) is 9.59 Å². The van der Waals surface area contributed by atoms with E-state index in [4.69, 9.17) is 0 Å². The minimum atomic E-state index is -0.148. The number of nitrogens with zero attached hydrogens (tertiary/aromatic N) is 2. The average molecular weight is 353 g/mol. The van der Waals surface area contributed by atoms with Gasteiger partial charge in [0.25, 0.3) is 5.91 Å². The molecule has 0 bridgehead atoms. The Bertz CT molecular complexity index is 867. The van der Waals surface area contributed by atoms with Crippen LogP contribution >= 0.6 is 0 Å². The van der Waals surface area contributed by atoms with Crippen molar-refractivity contribution in [2.45, 2.75) is 47.1 Å². The molecule has 2 heterocycles. The second kappa shape index (κ2) is 6.71. The first-order valence-electron chi connectivity index (χ1n) is 9.10. The van der Waals surface area contributed by atoms with Crippen LogP contribution in [0.25, 0.3) is 10.9 Å². The molecule has 0 radical (unpaired) electrons. The summed E-state index contributed by atoms with van der Waals surface area (Å²) in [5.41, 5.74) is 3.39. The number of benzene rings is 1. The van der Waals surface area contributed by atoms with Gasteiger partial charge in [-0.1, -0.05) is 39.0 Å². The van der Waals surface area contributed by atoms with Gasteiger partial charge in [0.15, 0.2) is 0 Å². The Morgan fingerprint density at radius 3 is 2.73 bits per heavy atom. The molecule has 1 aliphatic heterocycles. The molecule has 0 spiro atoms. The summed E-state index contributed by atoms with van der Waals surface area (Å²) in [6, 6.07) is 7.54. The summed E-state index contributed by atoms with van der Waals surface area (Å²) in [5, 5.41) is 3.90. The lowest BCUT2D eigenvalue weighted by Crippen LogP contribution is -2.39. The number of amides is 2. The summed E-state index contributed by atoms with van der Waals surface area (Å²) in [7, 11) is 0. The molecule has 5 heteroatoms. The highest BCUT2D eigenvalue weighted by Gasteiger charge is 2.33. The molecule has 1 unspecified atom stereocenters. The van der Waals surface area contributed by atoms with E-state index in [0.29, 0.717) is 25.1 Å². The van der Waals surface area contributed by atoms with Crippen molar-refractivity contribution in [3.05, 3.63) is 41.1 Å². The fourth-order valence-electron chi connectivity index (χ4n) is 3.57. The Balaban J connectivity index is 1.80. The number of fused-ring (bicyclic) bond motifs is 1. The smallest absolute Gasteiger partial charge is 0.252 e. The molecular formula is C21H27N3O2. The van der Waals surface area contributed by atoms with Crippen molar-refractivity contribution < 1.29 is 9.59 Å². The largest absolute Gasteiger partial charge is 0.347 e. The normalized spacial score (nSPS) is 17.8. The molecule has 1 atom stereocenters. The van der Waals surface area contributed by atoms with Gasteiger partial charge in [-0.3, -0.25) is 14.6 Å². The first-order valence-corrected chi connectivity index (χ1v) is 9.10. The third-order valence-electron chi connectivity index (χ3n) is 4.63. The van der Waals surface area contributed by atoms with Crippen molar-refractivity contribution in [1.29, 1.82) is 0 Å². The number of pyridine rings is 1. The predicted octanol–water partition coefficient (Wildman–Crippen LogP) is 3.23. The SMILES string of the molecule is Cc1cc(C(=O)NC2CC(=O)N(CC(C)(C)C)C2)c2cccc(C)c2n1. The van der Waals surface area contributed by atoms with E-state index in [1.54, 1.807) is 0 Å². The van der Waals surface area contributed by atoms with E-state index in [1.165, 1.54) is 0 Å². The van der Waals surface area contributed by atoms with Crippen molar-refractivity contribution in [3.8, 4) is 0 Å². The van der Waals surface area contributed by atoms with Crippen molar-refractivity contribution in [2.24, 2.45) is 5.41 Å². The highest BCUT2D eigenvalue weighted by atomic mass is 16.2. The van der Waals surface area contributed by atoms with E-state index in [2.05, 4.69) is 31.1 Å². The van der Waals surface area contributed by atoms with Crippen LogP contribution in [0.5, 0.6) is 0 Å². The van der Waals surface area contributed by atoms with E-state index in [0.717, 1.165) is 22.2 Å². The van der Waals surface area contributed by atoms with Crippen LogP contribution in [0, 0.1) is 19.3 Å². The van der Waals surface area contributed by atoms with Gasteiger partial charge in [-0.05, 0) is 30.9 Å². The third-order valence-corrected chi connectivity index (χ3v) is 4.63. The van der Waals surface area contributed by atoms with Crippen LogP contribution in [0.15, 0.2) is 24.3 Å². The van der Waals surface area contributed by atoms with Gasteiger partial charge in [0.05, 0.1) is 17.1 Å². The van der Waals surface area contributed by atoms with E-state index in [-0.39, 0.29) is 23.3 Å². The maximum atomic E-state index is 12.9. The predicted molar refractivity (Wildman–Crippen MR) is 103 cm³/mol. The molecule has 2 aromatic rings. The topological polar surface area (TPSA) is 62.3 Å². The number of rotatable bonds is 3. The van der Waals surface area contributed by atoms with Crippen LogP contribution in [0.4, 0.5) is 0 Å². The number of hydrogen-bond acceptors (Lipinski definition) is 3. The number of aromatic nitrogens is 1.